The van der Waals surface area contributed by atoms with Gasteiger partial charge in [0.15, 0.2) is 0 Å². The Bertz CT molecular complexity index is 678. The number of fused-ring (bicyclic) bond motifs is 1. The molecule has 0 fully saturated rings. The second kappa shape index (κ2) is 13.1. The van der Waals surface area contributed by atoms with E-state index in [0.29, 0.717) is 0 Å². The quantitative estimate of drug-likeness (QED) is 0.267. The molecule has 2 aromatic rings. The molecule has 0 aromatic heterocycles. The average Bonchev–Trinajstić information content (AvgIpc) is 2.70. The number of hydrogen-bond acceptors (Lipinski definition) is 3. The summed E-state index contributed by atoms with van der Waals surface area (Å²) in [4.78, 5) is 0. The molecule has 0 heterocycles. The Kier molecular flexibility index (Phi) is 10.2. The van der Waals surface area contributed by atoms with Crippen molar-refractivity contribution in [2.75, 3.05) is 20.3 Å². The van der Waals surface area contributed by atoms with Crippen LogP contribution in [-0.2, 0) is 4.74 Å². The Hall–Kier alpha value is -2.16. The van der Waals surface area contributed by atoms with Gasteiger partial charge in [-0.3, -0.25) is 0 Å². The summed E-state index contributed by atoms with van der Waals surface area (Å²) < 4.78 is 16.7. The van der Waals surface area contributed by atoms with Gasteiger partial charge in [-0.05, 0) is 66.8 Å². The molecule has 0 bridgehead atoms. The Morgan fingerprint density at radius 2 is 1.33 bits per heavy atom. The minimum atomic E-state index is 0.742. The Morgan fingerprint density at radius 1 is 0.741 bits per heavy atom. The van der Waals surface area contributed by atoms with Crippen LogP contribution in [0.4, 0.5) is 0 Å². The standard InChI is InChI=1S/C24H34O3/c1-3-4-5-6-10-17-26-23-14-12-22-20-24(15-13-21(22)19-23)27-18-11-8-7-9-16-25-2/h9,12-16,19-20H,3-8,10-11,17-18H2,1-2H3/b16-9+. The van der Waals surface area contributed by atoms with Crippen LogP contribution in [0.25, 0.3) is 10.8 Å². The molecule has 0 N–H and O–H groups in total. The van der Waals surface area contributed by atoms with E-state index >= 15 is 0 Å². The first-order valence-corrected chi connectivity index (χ1v) is 10.3. The van der Waals surface area contributed by atoms with E-state index < -0.39 is 0 Å². The summed E-state index contributed by atoms with van der Waals surface area (Å²) in [5, 5.41) is 2.38. The summed E-state index contributed by atoms with van der Waals surface area (Å²) in [6, 6.07) is 12.5. The van der Waals surface area contributed by atoms with Crippen molar-refractivity contribution in [3.05, 3.63) is 48.7 Å². The smallest absolute Gasteiger partial charge is 0.119 e. The molecule has 3 heteroatoms. The largest absolute Gasteiger partial charge is 0.505 e. The number of unbranched alkanes of at least 4 members (excludes halogenated alkanes) is 6. The van der Waals surface area contributed by atoms with Crippen molar-refractivity contribution >= 4 is 10.8 Å². The second-order valence-electron chi connectivity index (χ2n) is 6.89. The zero-order chi connectivity index (χ0) is 19.2. The molecule has 0 saturated carbocycles. The van der Waals surface area contributed by atoms with E-state index in [4.69, 9.17) is 14.2 Å². The van der Waals surface area contributed by atoms with E-state index in [1.165, 1.54) is 36.5 Å². The lowest BCUT2D eigenvalue weighted by Crippen LogP contribution is -1.98. The van der Waals surface area contributed by atoms with E-state index in [1.54, 1.807) is 13.4 Å². The van der Waals surface area contributed by atoms with Crippen LogP contribution in [0.1, 0.15) is 58.3 Å². The highest BCUT2D eigenvalue weighted by atomic mass is 16.5. The average molecular weight is 371 g/mol. The monoisotopic (exact) mass is 370 g/mol. The molecule has 0 unspecified atom stereocenters. The number of ether oxygens (including phenoxy) is 3. The highest BCUT2D eigenvalue weighted by Gasteiger charge is 2.01. The first-order valence-electron chi connectivity index (χ1n) is 10.3. The van der Waals surface area contributed by atoms with Crippen LogP contribution in [0.5, 0.6) is 11.5 Å². The molecule has 0 aliphatic rings. The summed E-state index contributed by atoms with van der Waals surface area (Å²) >= 11 is 0. The van der Waals surface area contributed by atoms with Gasteiger partial charge in [0.05, 0.1) is 26.6 Å². The first-order chi connectivity index (χ1) is 13.3. The van der Waals surface area contributed by atoms with Gasteiger partial charge in [0.1, 0.15) is 11.5 Å². The molecule has 0 amide bonds. The Balaban J connectivity index is 1.74. The SMILES string of the molecule is CCCCCCCOc1ccc2cc(OCCCC/C=C/OC)ccc2c1. The van der Waals surface area contributed by atoms with Crippen LogP contribution in [-0.4, -0.2) is 20.3 Å². The lowest BCUT2D eigenvalue weighted by Gasteiger charge is -2.09. The summed E-state index contributed by atoms with van der Waals surface area (Å²) in [6.07, 6.45) is 13.2. The van der Waals surface area contributed by atoms with E-state index in [0.717, 1.165) is 50.4 Å². The molecule has 0 radical (unpaired) electrons. The lowest BCUT2D eigenvalue weighted by atomic mass is 10.1. The zero-order valence-corrected chi connectivity index (χ0v) is 16.9. The molecule has 0 spiro atoms. The van der Waals surface area contributed by atoms with Gasteiger partial charge in [-0.1, -0.05) is 44.7 Å². The maximum atomic E-state index is 5.90. The number of methoxy groups -OCH3 is 1. The van der Waals surface area contributed by atoms with Crippen molar-refractivity contribution in [3.63, 3.8) is 0 Å². The van der Waals surface area contributed by atoms with E-state index in [1.807, 2.05) is 12.1 Å². The lowest BCUT2D eigenvalue weighted by molar-refractivity contribution is 0.304. The fourth-order valence-corrected chi connectivity index (χ4v) is 3.00. The molecule has 3 nitrogen and oxygen atoms in total. The van der Waals surface area contributed by atoms with Gasteiger partial charge in [-0.2, -0.15) is 0 Å². The van der Waals surface area contributed by atoms with Crippen molar-refractivity contribution in [3.8, 4) is 11.5 Å². The molecule has 2 aromatic carbocycles. The number of rotatable bonds is 14. The van der Waals surface area contributed by atoms with Gasteiger partial charge in [0.2, 0.25) is 0 Å². The van der Waals surface area contributed by atoms with Crippen LogP contribution < -0.4 is 9.47 Å². The van der Waals surface area contributed by atoms with E-state index in [9.17, 15) is 0 Å². The summed E-state index contributed by atoms with van der Waals surface area (Å²) in [6.45, 7) is 3.78. The van der Waals surface area contributed by atoms with Gasteiger partial charge in [-0.15, -0.1) is 0 Å². The van der Waals surface area contributed by atoms with Crippen molar-refractivity contribution < 1.29 is 14.2 Å². The van der Waals surface area contributed by atoms with Gasteiger partial charge < -0.3 is 14.2 Å². The van der Waals surface area contributed by atoms with Crippen LogP contribution in [0.15, 0.2) is 48.7 Å². The van der Waals surface area contributed by atoms with Crippen molar-refractivity contribution in [1.82, 2.24) is 0 Å². The minimum absolute atomic E-state index is 0.742. The van der Waals surface area contributed by atoms with Crippen molar-refractivity contribution in [2.45, 2.75) is 58.3 Å². The zero-order valence-electron chi connectivity index (χ0n) is 16.9. The van der Waals surface area contributed by atoms with Crippen molar-refractivity contribution in [2.24, 2.45) is 0 Å². The van der Waals surface area contributed by atoms with Crippen LogP contribution in [0.3, 0.4) is 0 Å². The molecule has 0 atom stereocenters. The summed E-state index contributed by atoms with van der Waals surface area (Å²) in [7, 11) is 1.67. The van der Waals surface area contributed by atoms with Gasteiger partial charge in [0.25, 0.3) is 0 Å². The molecular formula is C24H34O3. The summed E-state index contributed by atoms with van der Waals surface area (Å²) in [5.74, 6) is 1.88. The number of benzene rings is 2. The number of hydrogen-bond donors (Lipinski definition) is 0. The molecule has 0 saturated heterocycles. The van der Waals surface area contributed by atoms with Crippen LogP contribution in [0, 0.1) is 0 Å². The third-order valence-electron chi connectivity index (χ3n) is 4.57. The van der Waals surface area contributed by atoms with Crippen LogP contribution >= 0.6 is 0 Å². The van der Waals surface area contributed by atoms with Crippen LogP contribution in [0.2, 0.25) is 0 Å². The maximum Gasteiger partial charge on any atom is 0.119 e. The Morgan fingerprint density at radius 3 is 1.93 bits per heavy atom. The molecule has 2 rings (SSSR count). The molecule has 0 aliphatic carbocycles. The van der Waals surface area contributed by atoms with Gasteiger partial charge >= 0.3 is 0 Å². The van der Waals surface area contributed by atoms with E-state index in [-0.39, 0.29) is 0 Å². The van der Waals surface area contributed by atoms with Gasteiger partial charge in [-0.25, -0.2) is 0 Å². The third kappa shape index (κ3) is 8.38. The van der Waals surface area contributed by atoms with Gasteiger partial charge in [0, 0.05) is 0 Å². The molecule has 27 heavy (non-hydrogen) atoms. The normalized spacial score (nSPS) is 11.2. The van der Waals surface area contributed by atoms with Crippen molar-refractivity contribution in [1.29, 1.82) is 0 Å². The maximum absolute atomic E-state index is 5.90. The Labute approximate surface area is 164 Å². The molecule has 0 aliphatic heterocycles. The molecular weight excluding hydrogens is 336 g/mol. The highest BCUT2D eigenvalue weighted by molar-refractivity contribution is 5.85. The second-order valence-corrected chi connectivity index (χ2v) is 6.89. The first kappa shape index (κ1) is 21.1. The fourth-order valence-electron chi connectivity index (χ4n) is 3.00. The predicted octanol–water partition coefficient (Wildman–Crippen LogP) is 6.90. The minimum Gasteiger partial charge on any atom is -0.505 e. The highest BCUT2D eigenvalue weighted by Crippen LogP contribution is 2.25. The molecule has 148 valence electrons. The van der Waals surface area contributed by atoms with E-state index in [2.05, 4.69) is 37.3 Å². The predicted molar refractivity (Wildman–Crippen MR) is 114 cm³/mol. The number of allylic oxidation sites excluding steroid dienone is 1. The third-order valence-corrected chi connectivity index (χ3v) is 4.57. The fraction of sp³-hybridized carbons (Fsp3) is 0.500. The summed E-state index contributed by atoms with van der Waals surface area (Å²) in [5.41, 5.74) is 0. The topological polar surface area (TPSA) is 27.7 Å².